The summed E-state index contributed by atoms with van der Waals surface area (Å²) in [5.41, 5.74) is 5.06. The van der Waals surface area contributed by atoms with Crippen LogP contribution in [0.1, 0.15) is 18.9 Å². The van der Waals surface area contributed by atoms with Gasteiger partial charge in [0.1, 0.15) is 5.82 Å². The van der Waals surface area contributed by atoms with Crippen LogP contribution in [0.15, 0.2) is 18.5 Å². The average molecular weight is 211 g/mol. The molecule has 0 saturated heterocycles. The van der Waals surface area contributed by atoms with Gasteiger partial charge in [0, 0.05) is 12.6 Å². The van der Waals surface area contributed by atoms with Crippen LogP contribution in [0.25, 0.3) is 0 Å². The summed E-state index contributed by atoms with van der Waals surface area (Å²) < 4.78 is 13.0. The molecule has 0 bridgehead atoms. The number of nitrogens with zero attached hydrogens (tertiary/aromatic N) is 1. The third kappa shape index (κ3) is 2.73. The topological polar surface area (TPSA) is 68.0 Å². The number of rotatable bonds is 4. The summed E-state index contributed by atoms with van der Waals surface area (Å²) in [6, 6.07) is 1.34. The largest absolute Gasteiger partial charge is 0.370 e. The average Bonchev–Trinajstić information content (AvgIpc) is 2.16. The highest BCUT2D eigenvalue weighted by atomic mass is 19.1. The molecule has 0 radical (unpaired) electrons. The molecule has 1 amide bonds. The van der Waals surface area contributed by atoms with Crippen LogP contribution in [0.2, 0.25) is 0 Å². The number of nitrogens with one attached hydrogen (secondary N) is 1. The first-order chi connectivity index (χ1) is 6.98. The van der Waals surface area contributed by atoms with Gasteiger partial charge in [-0.2, -0.15) is 0 Å². The van der Waals surface area contributed by atoms with Gasteiger partial charge in [0.2, 0.25) is 5.91 Å². The molecule has 5 heteroatoms. The Morgan fingerprint density at radius 1 is 1.67 bits per heavy atom. The molecular weight excluding hydrogens is 197 g/mol. The predicted octanol–water partition coefficient (Wildman–Crippen LogP) is 0.531. The van der Waals surface area contributed by atoms with Gasteiger partial charge in [-0.15, -0.1) is 0 Å². The summed E-state index contributed by atoms with van der Waals surface area (Å²) in [5.74, 6) is -0.880. The van der Waals surface area contributed by atoms with E-state index in [-0.39, 0.29) is 6.42 Å². The van der Waals surface area contributed by atoms with Crippen molar-refractivity contribution in [3.8, 4) is 0 Å². The van der Waals surface area contributed by atoms with E-state index in [1.807, 2.05) is 0 Å². The lowest BCUT2D eigenvalue weighted by molar-refractivity contribution is -0.119. The lowest BCUT2D eigenvalue weighted by atomic mass is 9.90. The van der Waals surface area contributed by atoms with Crippen LogP contribution in [0.3, 0.4) is 0 Å². The van der Waals surface area contributed by atoms with Crippen LogP contribution in [0.4, 0.5) is 4.39 Å². The lowest BCUT2D eigenvalue weighted by Crippen LogP contribution is -2.40. The van der Waals surface area contributed by atoms with Crippen molar-refractivity contribution < 1.29 is 9.18 Å². The monoisotopic (exact) mass is 211 g/mol. The van der Waals surface area contributed by atoms with Gasteiger partial charge >= 0.3 is 0 Å². The molecule has 82 valence electrons. The number of amides is 1. The first-order valence-corrected chi connectivity index (χ1v) is 4.56. The third-order valence-electron chi connectivity index (χ3n) is 2.42. The summed E-state index contributed by atoms with van der Waals surface area (Å²) in [5, 5.41) is 2.95. The Labute approximate surface area is 87.7 Å². The number of aromatic nitrogens is 1. The summed E-state index contributed by atoms with van der Waals surface area (Å²) in [6.45, 7) is 1.77. The van der Waals surface area contributed by atoms with Gasteiger partial charge in [-0.1, -0.05) is 0 Å². The number of pyridine rings is 1. The molecule has 4 nitrogen and oxygen atoms in total. The first kappa shape index (κ1) is 11.6. The Hall–Kier alpha value is -1.49. The fourth-order valence-corrected chi connectivity index (χ4v) is 1.40. The minimum Gasteiger partial charge on any atom is -0.370 e. The highest BCUT2D eigenvalue weighted by molar-refractivity contribution is 5.75. The van der Waals surface area contributed by atoms with Gasteiger partial charge in [-0.05, 0) is 25.6 Å². The van der Waals surface area contributed by atoms with E-state index in [0.29, 0.717) is 5.56 Å². The Morgan fingerprint density at radius 2 is 2.33 bits per heavy atom. The van der Waals surface area contributed by atoms with E-state index >= 15 is 0 Å². The molecule has 0 aromatic carbocycles. The molecule has 15 heavy (non-hydrogen) atoms. The van der Waals surface area contributed by atoms with Gasteiger partial charge in [0.05, 0.1) is 11.7 Å². The number of primary amides is 1. The van der Waals surface area contributed by atoms with Crippen LogP contribution in [0, 0.1) is 5.82 Å². The highest BCUT2D eigenvalue weighted by Crippen LogP contribution is 2.23. The molecule has 1 aromatic rings. The van der Waals surface area contributed by atoms with Gasteiger partial charge in [0.25, 0.3) is 0 Å². The second-order valence-corrected chi connectivity index (χ2v) is 3.62. The standard InChI is InChI=1S/C10H14FN3O/c1-10(13-2,4-9(12)15)7-3-8(11)6-14-5-7/h3,5-6,13H,4H2,1-2H3,(H2,12,15). The van der Waals surface area contributed by atoms with E-state index in [9.17, 15) is 9.18 Å². The Balaban J connectivity index is 3.05. The molecule has 0 saturated carbocycles. The molecule has 3 N–H and O–H groups in total. The van der Waals surface area contributed by atoms with Gasteiger partial charge in [-0.3, -0.25) is 9.78 Å². The summed E-state index contributed by atoms with van der Waals surface area (Å²) in [4.78, 5) is 14.6. The molecule has 1 unspecified atom stereocenters. The van der Waals surface area contributed by atoms with Crippen molar-refractivity contribution in [3.05, 3.63) is 29.8 Å². The smallest absolute Gasteiger partial charge is 0.219 e. The quantitative estimate of drug-likeness (QED) is 0.763. The van der Waals surface area contributed by atoms with Crippen molar-refractivity contribution in [3.63, 3.8) is 0 Å². The van der Waals surface area contributed by atoms with Crippen molar-refractivity contribution in [1.29, 1.82) is 0 Å². The van der Waals surface area contributed by atoms with Crippen LogP contribution >= 0.6 is 0 Å². The SMILES string of the molecule is CNC(C)(CC(N)=O)c1cncc(F)c1. The molecule has 1 atom stereocenters. The lowest BCUT2D eigenvalue weighted by Gasteiger charge is -2.28. The molecule has 1 rings (SSSR count). The summed E-state index contributed by atoms with van der Waals surface area (Å²) in [6.07, 6.45) is 2.72. The van der Waals surface area contributed by atoms with Crippen LogP contribution < -0.4 is 11.1 Å². The van der Waals surface area contributed by atoms with Gasteiger partial charge in [-0.25, -0.2) is 4.39 Å². The maximum Gasteiger partial charge on any atom is 0.219 e. The van der Waals surface area contributed by atoms with E-state index in [1.165, 1.54) is 12.3 Å². The second kappa shape index (κ2) is 4.35. The van der Waals surface area contributed by atoms with Crippen molar-refractivity contribution in [2.24, 2.45) is 5.73 Å². The highest BCUT2D eigenvalue weighted by Gasteiger charge is 2.27. The molecule has 1 heterocycles. The van der Waals surface area contributed by atoms with Crippen molar-refractivity contribution >= 4 is 5.91 Å². The van der Waals surface area contributed by atoms with Crippen molar-refractivity contribution in [2.75, 3.05) is 7.05 Å². The fourth-order valence-electron chi connectivity index (χ4n) is 1.40. The third-order valence-corrected chi connectivity index (χ3v) is 2.42. The zero-order valence-electron chi connectivity index (χ0n) is 8.75. The zero-order chi connectivity index (χ0) is 11.5. The minimum atomic E-state index is -0.680. The maximum absolute atomic E-state index is 13.0. The van der Waals surface area contributed by atoms with Crippen molar-refractivity contribution in [1.82, 2.24) is 10.3 Å². The molecule has 0 aliphatic rings. The summed E-state index contributed by atoms with van der Waals surface area (Å²) in [7, 11) is 1.69. The number of carbonyl (C=O) groups excluding carboxylic acids is 1. The zero-order valence-corrected chi connectivity index (χ0v) is 8.75. The van der Waals surface area contributed by atoms with Crippen LogP contribution in [0.5, 0.6) is 0 Å². The van der Waals surface area contributed by atoms with Gasteiger partial charge < -0.3 is 11.1 Å². The van der Waals surface area contributed by atoms with Crippen molar-refractivity contribution in [2.45, 2.75) is 18.9 Å². The van der Waals surface area contributed by atoms with Crippen LogP contribution in [-0.2, 0) is 10.3 Å². The number of halogens is 1. The van der Waals surface area contributed by atoms with E-state index in [2.05, 4.69) is 10.3 Å². The Kier molecular flexibility index (Phi) is 3.36. The Morgan fingerprint density at radius 3 is 2.80 bits per heavy atom. The predicted molar refractivity (Wildman–Crippen MR) is 54.4 cm³/mol. The molecule has 0 aliphatic carbocycles. The van der Waals surface area contributed by atoms with E-state index in [0.717, 1.165) is 6.20 Å². The first-order valence-electron chi connectivity index (χ1n) is 4.56. The minimum absolute atomic E-state index is 0.0919. The number of hydrogen-bond donors (Lipinski definition) is 2. The van der Waals surface area contributed by atoms with E-state index in [4.69, 9.17) is 5.73 Å². The summed E-state index contributed by atoms with van der Waals surface area (Å²) >= 11 is 0. The molecule has 0 fully saturated rings. The molecule has 0 aliphatic heterocycles. The van der Waals surface area contributed by atoms with E-state index in [1.54, 1.807) is 14.0 Å². The second-order valence-electron chi connectivity index (χ2n) is 3.62. The fraction of sp³-hybridized carbons (Fsp3) is 0.400. The van der Waals surface area contributed by atoms with E-state index < -0.39 is 17.3 Å². The van der Waals surface area contributed by atoms with Crippen LogP contribution in [-0.4, -0.2) is 17.9 Å². The normalized spacial score (nSPS) is 14.6. The molecular formula is C10H14FN3O. The molecule has 0 spiro atoms. The number of carbonyl (C=O) groups is 1. The van der Waals surface area contributed by atoms with Gasteiger partial charge in [0.15, 0.2) is 0 Å². The Bertz CT molecular complexity index is 369. The number of hydrogen-bond acceptors (Lipinski definition) is 3. The maximum atomic E-state index is 13.0. The molecule has 1 aromatic heterocycles. The number of nitrogens with two attached hydrogens (primary N) is 1.